The largest absolute Gasteiger partial charge is 0.396 e. The smallest absolute Gasteiger partial charge is 0.220 e. The van der Waals surface area contributed by atoms with Crippen molar-refractivity contribution in [2.45, 2.75) is 44.6 Å². The third-order valence-corrected chi connectivity index (χ3v) is 2.46. The zero-order valence-corrected chi connectivity index (χ0v) is 7.60. The summed E-state index contributed by atoms with van der Waals surface area (Å²) in [5, 5.41) is 11.5. The van der Waals surface area contributed by atoms with Crippen molar-refractivity contribution in [2.24, 2.45) is 0 Å². The number of nitrogens with one attached hydrogen (secondary N) is 1. The van der Waals surface area contributed by atoms with Crippen molar-refractivity contribution in [3.8, 4) is 0 Å². The minimum Gasteiger partial charge on any atom is -0.396 e. The van der Waals surface area contributed by atoms with Gasteiger partial charge in [-0.05, 0) is 32.6 Å². The van der Waals surface area contributed by atoms with E-state index in [4.69, 9.17) is 5.11 Å². The molecule has 0 unspecified atom stereocenters. The molecular formula is C9H17NO2. The Hall–Kier alpha value is -0.570. The Kier molecular flexibility index (Phi) is 3.09. The first-order chi connectivity index (χ1) is 5.66. The summed E-state index contributed by atoms with van der Waals surface area (Å²) < 4.78 is 0. The molecule has 0 spiro atoms. The lowest BCUT2D eigenvalue weighted by Gasteiger charge is -2.39. The van der Waals surface area contributed by atoms with E-state index >= 15 is 0 Å². The molecule has 1 aliphatic rings. The summed E-state index contributed by atoms with van der Waals surface area (Å²) in [5.41, 5.74) is 0.0620. The Morgan fingerprint density at radius 1 is 1.58 bits per heavy atom. The zero-order valence-electron chi connectivity index (χ0n) is 7.60. The molecule has 0 aromatic rings. The van der Waals surface area contributed by atoms with E-state index in [1.165, 1.54) is 6.42 Å². The van der Waals surface area contributed by atoms with Gasteiger partial charge in [0.05, 0.1) is 0 Å². The summed E-state index contributed by atoms with van der Waals surface area (Å²) in [5.74, 6) is 0.0752. The molecule has 0 aliphatic heterocycles. The van der Waals surface area contributed by atoms with E-state index in [2.05, 4.69) is 12.2 Å². The molecule has 1 saturated carbocycles. The summed E-state index contributed by atoms with van der Waals surface area (Å²) in [6.07, 6.45) is 4.43. The van der Waals surface area contributed by atoms with Crippen LogP contribution in [0.25, 0.3) is 0 Å². The number of carbonyl (C=O) groups is 1. The third kappa shape index (κ3) is 2.48. The Bertz CT molecular complexity index is 164. The highest BCUT2D eigenvalue weighted by atomic mass is 16.3. The molecule has 0 heterocycles. The lowest BCUT2D eigenvalue weighted by Crippen LogP contribution is -2.50. The summed E-state index contributed by atoms with van der Waals surface area (Å²) in [6, 6.07) is 0. The molecule has 3 nitrogen and oxygen atoms in total. The van der Waals surface area contributed by atoms with Crippen LogP contribution in [-0.2, 0) is 4.79 Å². The Morgan fingerprint density at radius 3 is 2.67 bits per heavy atom. The highest BCUT2D eigenvalue weighted by Gasteiger charge is 2.32. The molecule has 1 rings (SSSR count). The Labute approximate surface area is 73.2 Å². The van der Waals surface area contributed by atoms with Gasteiger partial charge in [-0.2, -0.15) is 0 Å². The van der Waals surface area contributed by atoms with Crippen LogP contribution in [0.15, 0.2) is 0 Å². The molecule has 0 aromatic carbocycles. The van der Waals surface area contributed by atoms with Gasteiger partial charge in [0.25, 0.3) is 0 Å². The van der Waals surface area contributed by atoms with E-state index in [0.717, 1.165) is 12.8 Å². The van der Waals surface area contributed by atoms with Crippen LogP contribution < -0.4 is 5.32 Å². The van der Waals surface area contributed by atoms with Gasteiger partial charge in [-0.15, -0.1) is 0 Å². The molecule has 12 heavy (non-hydrogen) atoms. The first-order valence-electron chi connectivity index (χ1n) is 4.58. The molecule has 0 radical (unpaired) electrons. The van der Waals surface area contributed by atoms with Crippen LogP contribution in [-0.4, -0.2) is 23.2 Å². The van der Waals surface area contributed by atoms with Gasteiger partial charge in [-0.3, -0.25) is 4.79 Å². The number of aliphatic hydroxyl groups excluding tert-OH is 1. The van der Waals surface area contributed by atoms with Crippen molar-refractivity contribution in [3.63, 3.8) is 0 Å². The van der Waals surface area contributed by atoms with Crippen LogP contribution in [0.5, 0.6) is 0 Å². The van der Waals surface area contributed by atoms with Gasteiger partial charge >= 0.3 is 0 Å². The van der Waals surface area contributed by atoms with Gasteiger partial charge in [-0.25, -0.2) is 0 Å². The van der Waals surface area contributed by atoms with Crippen molar-refractivity contribution < 1.29 is 9.90 Å². The molecule has 1 aliphatic carbocycles. The van der Waals surface area contributed by atoms with Crippen LogP contribution in [0.3, 0.4) is 0 Å². The summed E-state index contributed by atoms with van der Waals surface area (Å²) in [6.45, 7) is 2.18. The van der Waals surface area contributed by atoms with Crippen LogP contribution in [0, 0.1) is 0 Å². The Balaban J connectivity index is 2.16. The molecule has 0 bridgehead atoms. The average molecular weight is 171 g/mol. The summed E-state index contributed by atoms with van der Waals surface area (Å²) in [7, 11) is 0. The number of hydrogen-bond acceptors (Lipinski definition) is 2. The van der Waals surface area contributed by atoms with Crippen LogP contribution in [0.4, 0.5) is 0 Å². The van der Waals surface area contributed by atoms with Crippen LogP contribution >= 0.6 is 0 Å². The SMILES string of the molecule is CC1(NC(=O)CCCO)CCC1. The molecule has 1 fully saturated rings. The molecule has 1 amide bonds. The van der Waals surface area contributed by atoms with Gasteiger partial charge in [0.15, 0.2) is 0 Å². The van der Waals surface area contributed by atoms with E-state index in [1.807, 2.05) is 0 Å². The first-order valence-corrected chi connectivity index (χ1v) is 4.58. The first kappa shape index (κ1) is 9.52. The molecule has 0 aromatic heterocycles. The van der Waals surface area contributed by atoms with E-state index < -0.39 is 0 Å². The van der Waals surface area contributed by atoms with E-state index in [1.54, 1.807) is 0 Å². The average Bonchev–Trinajstić information content (AvgIpc) is 1.98. The molecule has 3 heteroatoms. The molecular weight excluding hydrogens is 154 g/mol. The predicted molar refractivity (Wildman–Crippen MR) is 46.7 cm³/mol. The van der Waals surface area contributed by atoms with Crippen molar-refractivity contribution in [3.05, 3.63) is 0 Å². The van der Waals surface area contributed by atoms with Gasteiger partial charge in [0.1, 0.15) is 0 Å². The monoisotopic (exact) mass is 171 g/mol. The maximum Gasteiger partial charge on any atom is 0.220 e. The van der Waals surface area contributed by atoms with Crippen molar-refractivity contribution in [1.29, 1.82) is 0 Å². The number of hydrogen-bond donors (Lipinski definition) is 2. The normalized spacial score (nSPS) is 19.8. The topological polar surface area (TPSA) is 49.3 Å². The van der Waals surface area contributed by atoms with Crippen LogP contribution in [0.2, 0.25) is 0 Å². The van der Waals surface area contributed by atoms with Crippen molar-refractivity contribution >= 4 is 5.91 Å². The van der Waals surface area contributed by atoms with Crippen molar-refractivity contribution in [1.82, 2.24) is 5.32 Å². The summed E-state index contributed by atoms with van der Waals surface area (Å²) in [4.78, 5) is 11.2. The number of amides is 1. The fraction of sp³-hybridized carbons (Fsp3) is 0.889. The van der Waals surface area contributed by atoms with Gasteiger partial charge in [0, 0.05) is 18.6 Å². The highest BCUT2D eigenvalue weighted by molar-refractivity contribution is 5.76. The molecule has 0 saturated heterocycles. The fourth-order valence-electron chi connectivity index (χ4n) is 1.47. The summed E-state index contributed by atoms with van der Waals surface area (Å²) >= 11 is 0. The standard InChI is InChI=1S/C9H17NO2/c1-9(5-3-6-9)10-8(12)4-2-7-11/h11H,2-7H2,1H3,(H,10,12). The third-order valence-electron chi connectivity index (χ3n) is 2.46. The van der Waals surface area contributed by atoms with E-state index in [0.29, 0.717) is 12.8 Å². The molecule has 70 valence electrons. The van der Waals surface area contributed by atoms with Gasteiger partial charge < -0.3 is 10.4 Å². The maximum atomic E-state index is 11.2. The maximum absolute atomic E-state index is 11.2. The lowest BCUT2D eigenvalue weighted by atomic mass is 9.78. The quantitative estimate of drug-likeness (QED) is 0.658. The lowest BCUT2D eigenvalue weighted by molar-refractivity contribution is -0.124. The minimum atomic E-state index is 0.0620. The van der Waals surface area contributed by atoms with E-state index in [-0.39, 0.29) is 18.1 Å². The second-order valence-electron chi connectivity index (χ2n) is 3.79. The predicted octanol–water partition coefficient (Wildman–Crippen LogP) is 0.818. The molecule has 0 atom stereocenters. The molecule has 2 N–H and O–H groups in total. The second kappa shape index (κ2) is 3.90. The van der Waals surface area contributed by atoms with Crippen molar-refractivity contribution in [2.75, 3.05) is 6.61 Å². The van der Waals surface area contributed by atoms with E-state index in [9.17, 15) is 4.79 Å². The zero-order chi connectivity index (χ0) is 9.03. The van der Waals surface area contributed by atoms with Gasteiger partial charge in [0.2, 0.25) is 5.91 Å². The second-order valence-corrected chi connectivity index (χ2v) is 3.79. The van der Waals surface area contributed by atoms with Gasteiger partial charge in [-0.1, -0.05) is 0 Å². The number of rotatable bonds is 4. The number of carbonyl (C=O) groups excluding carboxylic acids is 1. The fourth-order valence-corrected chi connectivity index (χ4v) is 1.47. The Morgan fingerprint density at radius 2 is 2.25 bits per heavy atom. The number of aliphatic hydroxyl groups is 1. The minimum absolute atomic E-state index is 0.0620. The van der Waals surface area contributed by atoms with Crippen LogP contribution in [0.1, 0.15) is 39.0 Å². The highest BCUT2D eigenvalue weighted by Crippen LogP contribution is 2.30.